The molecular formula is C27H25F2N5O3S. The van der Waals surface area contributed by atoms with Crippen molar-refractivity contribution in [3.8, 4) is 34.0 Å². The van der Waals surface area contributed by atoms with Crippen LogP contribution in [-0.2, 0) is 14.4 Å². The van der Waals surface area contributed by atoms with E-state index in [9.17, 15) is 17.2 Å². The Morgan fingerprint density at radius 1 is 1.00 bits per heavy atom. The van der Waals surface area contributed by atoms with Gasteiger partial charge in [-0.25, -0.2) is 23.8 Å². The maximum Gasteiger partial charge on any atom is 0.285 e. The lowest BCUT2D eigenvalue weighted by Crippen LogP contribution is -2.42. The Morgan fingerprint density at radius 3 is 2.37 bits per heavy atom. The molecule has 1 saturated carbocycles. The maximum absolute atomic E-state index is 14.7. The van der Waals surface area contributed by atoms with E-state index in [1.165, 1.54) is 23.3 Å². The Balaban J connectivity index is 1.50. The van der Waals surface area contributed by atoms with E-state index < -0.39 is 27.9 Å². The van der Waals surface area contributed by atoms with Crippen molar-refractivity contribution >= 4 is 21.6 Å². The topological polar surface area (TPSA) is 91.4 Å². The van der Waals surface area contributed by atoms with Crippen LogP contribution in [0.2, 0.25) is 0 Å². The first-order valence-electron chi connectivity index (χ1n) is 12.3. The van der Waals surface area contributed by atoms with Crippen LogP contribution in [0.4, 0.5) is 20.3 Å². The zero-order valence-electron chi connectivity index (χ0n) is 20.7. The van der Waals surface area contributed by atoms with Gasteiger partial charge in [-0.3, -0.25) is 0 Å². The lowest BCUT2D eigenvalue weighted by molar-refractivity contribution is 0.261. The zero-order chi connectivity index (χ0) is 26.6. The first-order chi connectivity index (χ1) is 18.2. The molecule has 6 rings (SSSR count). The highest BCUT2D eigenvalue weighted by Crippen LogP contribution is 2.44. The number of hydrogen-bond donors (Lipinski definition) is 1. The maximum atomic E-state index is 14.7. The van der Waals surface area contributed by atoms with Crippen LogP contribution in [0.25, 0.3) is 34.0 Å². The number of anilines is 2. The molecule has 1 atom stereocenters. The lowest BCUT2D eigenvalue weighted by atomic mass is 10.1. The van der Waals surface area contributed by atoms with Crippen molar-refractivity contribution in [3.63, 3.8) is 0 Å². The Hall–Kier alpha value is -3.83. The third-order valence-electron chi connectivity index (χ3n) is 6.73. The van der Waals surface area contributed by atoms with Gasteiger partial charge in [-0.05, 0) is 49.9 Å². The van der Waals surface area contributed by atoms with Crippen molar-refractivity contribution < 1.29 is 21.5 Å². The van der Waals surface area contributed by atoms with Gasteiger partial charge in [0.25, 0.3) is 10.1 Å². The van der Waals surface area contributed by atoms with Crippen LogP contribution in [0.5, 0.6) is 0 Å². The normalized spacial score (nSPS) is 17.2. The Kier molecular flexibility index (Phi) is 5.92. The number of rotatable bonds is 7. The molecule has 3 heterocycles. The molecule has 0 bridgehead atoms. The second kappa shape index (κ2) is 9.17. The summed E-state index contributed by atoms with van der Waals surface area (Å²) in [5, 5.41) is 1.36. The minimum Gasteiger partial charge on any atom is -0.336 e. The highest BCUT2D eigenvalue weighted by Gasteiger charge is 2.40. The molecule has 11 heteroatoms. The lowest BCUT2D eigenvalue weighted by Gasteiger charge is -2.27. The number of nitrogens with one attached hydrogen (secondary N) is 1. The highest BCUT2D eigenvalue weighted by molar-refractivity contribution is 7.86. The number of pyridine rings is 1. The molecule has 1 aliphatic heterocycles. The average molecular weight is 538 g/mol. The Bertz CT molecular complexity index is 1600. The van der Waals surface area contributed by atoms with E-state index in [0.717, 1.165) is 24.7 Å². The van der Waals surface area contributed by atoms with Gasteiger partial charge in [0.1, 0.15) is 29.3 Å². The van der Waals surface area contributed by atoms with Crippen LogP contribution in [-0.4, -0.2) is 42.3 Å². The smallest absolute Gasteiger partial charge is 0.285 e. The van der Waals surface area contributed by atoms with Gasteiger partial charge in [-0.2, -0.15) is 8.42 Å². The molecule has 1 fully saturated rings. The first kappa shape index (κ1) is 24.5. The molecule has 2 aromatic heterocycles. The van der Waals surface area contributed by atoms with E-state index in [0.29, 0.717) is 41.0 Å². The summed E-state index contributed by atoms with van der Waals surface area (Å²) in [6, 6.07) is 16.4. The molecule has 4 aromatic rings. The van der Waals surface area contributed by atoms with Crippen molar-refractivity contribution in [1.29, 1.82) is 0 Å². The standard InChI is InChI=1S/C27H25F2N5O3S/c1-16-33(15-17-11-12-17)27-22(34(16)37-38(2,35)36)14-13-21(30-27)25-24(18-7-4-3-5-8-18)31-26(32-25)23-19(28)9-6-10-20(23)29/h3-10,13-14,16-17H,11-12,15H2,1-2H3,(H,31,32). The fourth-order valence-electron chi connectivity index (χ4n) is 4.74. The third-order valence-corrected chi connectivity index (χ3v) is 7.16. The van der Waals surface area contributed by atoms with E-state index in [1.54, 1.807) is 12.1 Å². The van der Waals surface area contributed by atoms with Crippen molar-refractivity contribution in [1.82, 2.24) is 15.0 Å². The summed E-state index contributed by atoms with van der Waals surface area (Å²) >= 11 is 0. The van der Waals surface area contributed by atoms with Crippen LogP contribution < -0.4 is 9.96 Å². The summed E-state index contributed by atoms with van der Waals surface area (Å²) in [6.07, 6.45) is 2.80. The molecule has 2 aliphatic rings. The SMILES string of the molecule is CC1N(CC2CC2)c2nc(-c3[nH]c(-c4c(F)cccc4F)nc3-c3ccccc3)ccc2N1OS(C)(=O)=O. The summed E-state index contributed by atoms with van der Waals surface area (Å²) in [5.74, 6) is -0.356. The average Bonchev–Trinajstić information content (AvgIpc) is 3.55. The van der Waals surface area contributed by atoms with Gasteiger partial charge < -0.3 is 9.88 Å². The number of nitrogens with zero attached hydrogens (tertiary/aromatic N) is 4. The molecule has 8 nitrogen and oxygen atoms in total. The van der Waals surface area contributed by atoms with Crippen LogP contribution in [0.1, 0.15) is 19.8 Å². The number of aromatic nitrogens is 3. The van der Waals surface area contributed by atoms with E-state index in [4.69, 9.17) is 9.27 Å². The molecule has 0 amide bonds. The van der Waals surface area contributed by atoms with Crippen LogP contribution >= 0.6 is 0 Å². The summed E-state index contributed by atoms with van der Waals surface area (Å²) in [5.41, 5.74) is 2.47. The Labute approximate surface area is 219 Å². The van der Waals surface area contributed by atoms with E-state index in [-0.39, 0.29) is 11.4 Å². The molecule has 196 valence electrons. The predicted octanol–water partition coefficient (Wildman–Crippen LogP) is 5.36. The number of H-pyrrole nitrogens is 1. The van der Waals surface area contributed by atoms with Gasteiger partial charge in [-0.1, -0.05) is 36.4 Å². The van der Waals surface area contributed by atoms with Crippen LogP contribution in [0.3, 0.4) is 0 Å². The largest absolute Gasteiger partial charge is 0.336 e. The number of fused-ring (bicyclic) bond motifs is 1. The third kappa shape index (κ3) is 4.52. The van der Waals surface area contributed by atoms with Crippen molar-refractivity contribution in [2.75, 3.05) is 22.8 Å². The summed E-state index contributed by atoms with van der Waals surface area (Å²) < 4.78 is 58.6. The number of benzene rings is 2. The number of hydrogen-bond acceptors (Lipinski definition) is 7. The summed E-state index contributed by atoms with van der Waals surface area (Å²) in [7, 11) is -3.78. The minimum absolute atomic E-state index is 0.0435. The monoisotopic (exact) mass is 537 g/mol. The van der Waals surface area contributed by atoms with Gasteiger partial charge in [0.15, 0.2) is 5.82 Å². The van der Waals surface area contributed by atoms with E-state index in [2.05, 4.69) is 9.97 Å². The minimum atomic E-state index is -3.78. The molecular weight excluding hydrogens is 512 g/mol. The first-order valence-corrected chi connectivity index (χ1v) is 14.1. The second-order valence-corrected chi connectivity index (χ2v) is 11.2. The Morgan fingerprint density at radius 2 is 1.71 bits per heavy atom. The van der Waals surface area contributed by atoms with Gasteiger partial charge in [0.2, 0.25) is 0 Å². The summed E-state index contributed by atoms with van der Waals surface area (Å²) in [6.45, 7) is 2.56. The number of hydroxylamine groups is 1. The summed E-state index contributed by atoms with van der Waals surface area (Å²) in [4.78, 5) is 14.6. The molecule has 0 spiro atoms. The molecule has 1 N–H and O–H groups in total. The van der Waals surface area contributed by atoms with Gasteiger partial charge in [0.05, 0.1) is 28.9 Å². The van der Waals surface area contributed by atoms with E-state index >= 15 is 0 Å². The van der Waals surface area contributed by atoms with Crippen LogP contribution in [0, 0.1) is 17.6 Å². The van der Waals surface area contributed by atoms with Crippen molar-refractivity contribution in [3.05, 3.63) is 72.3 Å². The molecule has 0 radical (unpaired) electrons. The quantitative estimate of drug-likeness (QED) is 0.340. The molecule has 2 aromatic carbocycles. The number of aromatic amines is 1. The predicted molar refractivity (Wildman–Crippen MR) is 141 cm³/mol. The molecule has 0 saturated heterocycles. The molecule has 1 aliphatic carbocycles. The van der Waals surface area contributed by atoms with E-state index in [1.807, 2.05) is 42.2 Å². The fourth-order valence-corrected chi connectivity index (χ4v) is 5.24. The molecule has 38 heavy (non-hydrogen) atoms. The van der Waals surface area contributed by atoms with Crippen LogP contribution in [0.15, 0.2) is 60.7 Å². The fraction of sp³-hybridized carbons (Fsp3) is 0.259. The van der Waals surface area contributed by atoms with Gasteiger partial charge in [-0.15, -0.1) is 4.28 Å². The van der Waals surface area contributed by atoms with Crippen molar-refractivity contribution in [2.24, 2.45) is 5.92 Å². The van der Waals surface area contributed by atoms with Gasteiger partial charge >= 0.3 is 0 Å². The number of halogens is 2. The number of imidazole rings is 1. The highest BCUT2D eigenvalue weighted by atomic mass is 32.2. The van der Waals surface area contributed by atoms with Gasteiger partial charge in [0, 0.05) is 12.1 Å². The van der Waals surface area contributed by atoms with Crippen molar-refractivity contribution in [2.45, 2.75) is 25.9 Å². The second-order valence-electron chi connectivity index (χ2n) is 9.64. The zero-order valence-corrected chi connectivity index (χ0v) is 21.5. The molecule has 1 unspecified atom stereocenters.